The lowest BCUT2D eigenvalue weighted by Gasteiger charge is -2.45. The summed E-state index contributed by atoms with van der Waals surface area (Å²) in [5.74, 6) is -1.91. The van der Waals surface area contributed by atoms with Crippen molar-refractivity contribution in [2.75, 3.05) is 18.1 Å². The maximum Gasteiger partial charge on any atom is 0.246 e. The van der Waals surface area contributed by atoms with Gasteiger partial charge in [0.25, 0.3) is 0 Å². The number of carbonyl (C=O) groups is 4. The van der Waals surface area contributed by atoms with Gasteiger partial charge in [-0.1, -0.05) is 13.8 Å². The Hall–Kier alpha value is -1.77. The molecule has 0 spiro atoms. The third-order valence-electron chi connectivity index (χ3n) is 4.24. The molecule has 0 aromatic carbocycles. The van der Waals surface area contributed by atoms with Crippen LogP contribution < -0.4 is 15.7 Å². The van der Waals surface area contributed by atoms with Crippen LogP contribution in [0.1, 0.15) is 26.7 Å². The van der Waals surface area contributed by atoms with Crippen LogP contribution in [-0.4, -0.2) is 64.8 Å². The Morgan fingerprint density at radius 3 is 2.71 bits per heavy atom. The van der Waals surface area contributed by atoms with Gasteiger partial charge in [0.15, 0.2) is 0 Å². The molecule has 2 aliphatic heterocycles. The van der Waals surface area contributed by atoms with E-state index in [1.807, 2.05) is 13.8 Å². The van der Waals surface area contributed by atoms with E-state index in [4.69, 9.17) is 0 Å². The van der Waals surface area contributed by atoms with Crippen molar-refractivity contribution >= 4 is 35.5 Å². The van der Waals surface area contributed by atoms with E-state index < -0.39 is 18.1 Å². The quantitative estimate of drug-likeness (QED) is 0.574. The Morgan fingerprint density at radius 1 is 1.38 bits per heavy atom. The minimum Gasteiger partial charge on any atom is -0.549 e. The van der Waals surface area contributed by atoms with Gasteiger partial charge in [0.1, 0.15) is 12.1 Å². The lowest BCUT2D eigenvalue weighted by Crippen LogP contribution is -2.67. The molecular weight excluding hydrogens is 334 g/mol. The number of nitrogens with zero attached hydrogens (tertiary/aromatic N) is 1. The standard InChI is InChI=1S/C15H23N3O5S/c1-8(2)13-15(23)18-4-3-9(5-10(18)14(22)17-13)16-11(19)6-24-7-12(20)21/h8-10,13H,3-7H2,1-2H3,(H,16,19)(H,17,22)(H,20,21)/p-1/t9-,10-,13+/m0/s1. The number of hydrogen-bond donors (Lipinski definition) is 2. The van der Waals surface area contributed by atoms with E-state index in [0.717, 1.165) is 11.8 Å². The van der Waals surface area contributed by atoms with Gasteiger partial charge in [-0.25, -0.2) is 0 Å². The molecule has 2 saturated heterocycles. The summed E-state index contributed by atoms with van der Waals surface area (Å²) < 4.78 is 0. The number of nitrogens with one attached hydrogen (secondary N) is 2. The highest BCUT2D eigenvalue weighted by Gasteiger charge is 2.44. The number of carboxylic acid groups (broad SMARTS) is 1. The van der Waals surface area contributed by atoms with E-state index in [1.165, 1.54) is 0 Å². The van der Waals surface area contributed by atoms with Crippen LogP contribution in [-0.2, 0) is 19.2 Å². The molecule has 3 atom stereocenters. The summed E-state index contributed by atoms with van der Waals surface area (Å²) in [6.45, 7) is 4.21. The van der Waals surface area contributed by atoms with Gasteiger partial charge >= 0.3 is 0 Å². The fourth-order valence-electron chi connectivity index (χ4n) is 3.05. The third kappa shape index (κ3) is 4.40. The minimum atomic E-state index is -1.21. The van der Waals surface area contributed by atoms with Gasteiger partial charge in [0.05, 0.1) is 11.7 Å². The largest absolute Gasteiger partial charge is 0.549 e. The zero-order chi connectivity index (χ0) is 17.9. The monoisotopic (exact) mass is 356 g/mol. The predicted molar refractivity (Wildman–Crippen MR) is 85.8 cm³/mol. The van der Waals surface area contributed by atoms with E-state index in [0.29, 0.717) is 19.4 Å². The number of thioether (sulfide) groups is 1. The highest BCUT2D eigenvalue weighted by atomic mass is 32.2. The number of hydrogen-bond acceptors (Lipinski definition) is 6. The molecule has 8 nitrogen and oxygen atoms in total. The van der Waals surface area contributed by atoms with Crippen molar-refractivity contribution in [3.63, 3.8) is 0 Å². The van der Waals surface area contributed by atoms with Crippen molar-refractivity contribution < 1.29 is 24.3 Å². The second-order valence-electron chi connectivity index (χ2n) is 6.43. The normalized spacial score (nSPS) is 26.8. The van der Waals surface area contributed by atoms with Crippen molar-refractivity contribution in [3.8, 4) is 0 Å². The van der Waals surface area contributed by atoms with Crippen LogP contribution in [0.2, 0.25) is 0 Å². The number of carbonyl (C=O) groups excluding carboxylic acids is 4. The van der Waals surface area contributed by atoms with Crippen LogP contribution >= 0.6 is 11.8 Å². The molecule has 0 radical (unpaired) electrons. The molecule has 9 heteroatoms. The number of carboxylic acids is 1. The summed E-state index contributed by atoms with van der Waals surface area (Å²) in [6.07, 6.45) is 0.955. The van der Waals surface area contributed by atoms with E-state index in [9.17, 15) is 24.3 Å². The highest BCUT2D eigenvalue weighted by Crippen LogP contribution is 2.24. The zero-order valence-corrected chi connectivity index (χ0v) is 14.6. The van der Waals surface area contributed by atoms with Gasteiger partial charge in [-0.2, -0.15) is 0 Å². The second-order valence-corrected chi connectivity index (χ2v) is 7.42. The van der Waals surface area contributed by atoms with Crippen molar-refractivity contribution in [3.05, 3.63) is 0 Å². The molecule has 134 valence electrons. The first-order valence-electron chi connectivity index (χ1n) is 7.97. The Kier molecular flexibility index (Phi) is 6.09. The van der Waals surface area contributed by atoms with E-state index in [2.05, 4.69) is 10.6 Å². The Labute approximate surface area is 144 Å². The first-order chi connectivity index (χ1) is 11.3. The van der Waals surface area contributed by atoms with Gasteiger partial charge in [-0.3, -0.25) is 14.4 Å². The first kappa shape index (κ1) is 18.6. The number of piperazine rings is 1. The molecule has 3 amide bonds. The molecule has 2 rings (SSSR count). The third-order valence-corrected chi connectivity index (χ3v) is 5.14. The highest BCUT2D eigenvalue weighted by molar-refractivity contribution is 8.00. The van der Waals surface area contributed by atoms with Crippen molar-refractivity contribution in [2.24, 2.45) is 5.92 Å². The summed E-state index contributed by atoms with van der Waals surface area (Å²) in [5, 5.41) is 15.9. The molecule has 0 aliphatic carbocycles. The van der Waals surface area contributed by atoms with E-state index in [-0.39, 0.29) is 41.2 Å². The van der Waals surface area contributed by atoms with Crippen molar-refractivity contribution in [2.45, 2.75) is 44.8 Å². The summed E-state index contributed by atoms with van der Waals surface area (Å²) in [6, 6.07) is -1.24. The molecule has 0 aromatic rings. The summed E-state index contributed by atoms with van der Waals surface area (Å²) in [5.41, 5.74) is 0. The smallest absolute Gasteiger partial charge is 0.246 e. The lowest BCUT2D eigenvalue weighted by atomic mass is 9.90. The molecule has 2 aliphatic rings. The fourth-order valence-corrected chi connectivity index (χ4v) is 3.58. The summed E-state index contributed by atoms with van der Waals surface area (Å²) in [7, 11) is 0. The number of piperidine rings is 1. The predicted octanol–water partition coefficient (Wildman–Crippen LogP) is -1.90. The summed E-state index contributed by atoms with van der Waals surface area (Å²) >= 11 is 0.967. The van der Waals surface area contributed by atoms with Gasteiger partial charge in [0.2, 0.25) is 17.7 Å². The molecule has 0 saturated carbocycles. The van der Waals surface area contributed by atoms with Crippen LogP contribution in [0, 0.1) is 5.92 Å². The summed E-state index contributed by atoms with van der Waals surface area (Å²) in [4.78, 5) is 48.5. The topological polar surface area (TPSA) is 119 Å². The van der Waals surface area contributed by atoms with Gasteiger partial charge in [-0.05, 0) is 18.8 Å². The number of aliphatic carboxylic acids is 1. The van der Waals surface area contributed by atoms with E-state index >= 15 is 0 Å². The van der Waals surface area contributed by atoms with Crippen LogP contribution in [0.15, 0.2) is 0 Å². The number of rotatable bonds is 6. The Balaban J connectivity index is 1.88. The average molecular weight is 356 g/mol. The average Bonchev–Trinajstić information content (AvgIpc) is 2.50. The molecule has 2 N–H and O–H groups in total. The van der Waals surface area contributed by atoms with Crippen LogP contribution in [0.4, 0.5) is 0 Å². The van der Waals surface area contributed by atoms with Gasteiger partial charge in [-0.15, -0.1) is 11.8 Å². The zero-order valence-electron chi connectivity index (χ0n) is 13.7. The molecule has 24 heavy (non-hydrogen) atoms. The molecule has 2 fully saturated rings. The number of amides is 3. The molecule has 2 heterocycles. The van der Waals surface area contributed by atoms with Crippen LogP contribution in [0.5, 0.6) is 0 Å². The molecule has 0 bridgehead atoms. The van der Waals surface area contributed by atoms with E-state index in [1.54, 1.807) is 4.90 Å². The van der Waals surface area contributed by atoms with Crippen LogP contribution in [0.25, 0.3) is 0 Å². The fraction of sp³-hybridized carbons (Fsp3) is 0.733. The lowest BCUT2D eigenvalue weighted by molar-refractivity contribution is -0.301. The first-order valence-corrected chi connectivity index (χ1v) is 9.13. The minimum absolute atomic E-state index is 0.0272. The van der Waals surface area contributed by atoms with Crippen molar-refractivity contribution in [1.29, 1.82) is 0 Å². The van der Waals surface area contributed by atoms with Crippen LogP contribution in [0.3, 0.4) is 0 Å². The SMILES string of the molecule is CC(C)[C@H]1NC(=O)[C@@H]2C[C@@H](NC(=O)CSCC(=O)[O-])CCN2C1=O. The molecule has 0 unspecified atom stereocenters. The molecule has 0 aromatic heterocycles. The molecular formula is C15H22N3O5S-. The second kappa shape index (κ2) is 7.87. The number of fused-ring (bicyclic) bond motifs is 1. The van der Waals surface area contributed by atoms with Gasteiger partial charge < -0.3 is 25.4 Å². The Bertz CT molecular complexity index is 539. The van der Waals surface area contributed by atoms with Gasteiger partial charge in [0, 0.05) is 18.3 Å². The van der Waals surface area contributed by atoms with Crippen molar-refractivity contribution in [1.82, 2.24) is 15.5 Å². The maximum absolute atomic E-state index is 12.4. The Morgan fingerprint density at radius 2 is 2.08 bits per heavy atom. The maximum atomic E-state index is 12.4.